The number of piperidine rings is 1. The average Bonchev–Trinajstić information content (AvgIpc) is 3.44. The number of carbonyl (C=O) groups is 4. The Morgan fingerprint density at radius 2 is 1.97 bits per heavy atom. The highest BCUT2D eigenvalue weighted by Crippen LogP contribution is 2.29. The summed E-state index contributed by atoms with van der Waals surface area (Å²) in [5.74, 6) is -2.20. The highest BCUT2D eigenvalue weighted by molar-refractivity contribution is 6.05. The number of nitrogens with one attached hydrogen (secondary N) is 2. The molecule has 2 N–H and O–H groups in total. The molecule has 1 saturated heterocycles. The Hall–Kier alpha value is -4.61. The van der Waals surface area contributed by atoms with Gasteiger partial charge in [-0.15, -0.1) is 5.10 Å². The van der Waals surface area contributed by atoms with Gasteiger partial charge in [-0.1, -0.05) is 11.3 Å². The lowest BCUT2D eigenvalue weighted by atomic mass is 10.0. The Kier molecular flexibility index (Phi) is 5.71. The molecule has 1 unspecified atom stereocenters. The van der Waals surface area contributed by atoms with Crippen LogP contribution in [0.1, 0.15) is 39.3 Å². The van der Waals surface area contributed by atoms with E-state index in [-0.39, 0.29) is 42.6 Å². The Bertz CT molecular complexity index is 1420. The van der Waals surface area contributed by atoms with Crippen LogP contribution in [0, 0.1) is 5.82 Å². The molecule has 3 aromatic rings. The van der Waals surface area contributed by atoms with E-state index in [1.165, 1.54) is 27.9 Å². The molecule has 2 aliphatic heterocycles. The molecule has 0 spiro atoms. The molecule has 2 aliphatic rings. The molecule has 2 aromatic carbocycles. The number of rotatable bonds is 5. The third-order valence-electron chi connectivity index (χ3n) is 6.16. The van der Waals surface area contributed by atoms with Gasteiger partial charge in [0, 0.05) is 44.0 Å². The van der Waals surface area contributed by atoms with Crippen molar-refractivity contribution in [2.24, 2.45) is 0 Å². The molecule has 0 radical (unpaired) electrons. The van der Waals surface area contributed by atoms with Gasteiger partial charge in [-0.25, -0.2) is 9.07 Å². The molecule has 3 heterocycles. The van der Waals surface area contributed by atoms with Crippen molar-refractivity contribution in [1.82, 2.24) is 25.2 Å². The Morgan fingerprint density at radius 1 is 1.17 bits per heavy atom. The number of hydrogen-bond donors (Lipinski definition) is 2. The molecule has 1 fully saturated rings. The van der Waals surface area contributed by atoms with Crippen LogP contribution in [0.3, 0.4) is 0 Å². The predicted molar refractivity (Wildman–Crippen MR) is 126 cm³/mol. The van der Waals surface area contributed by atoms with Gasteiger partial charge in [0.2, 0.25) is 11.8 Å². The SMILES string of the molecule is CN(C)c1cc(F)cc(NC(=O)c2cn(-c3ccc4c(c3)C(=O)N(C3CCC(=O)NC3=O)C4)nn2)c1. The van der Waals surface area contributed by atoms with Gasteiger partial charge in [0.15, 0.2) is 5.69 Å². The fourth-order valence-corrected chi connectivity index (χ4v) is 4.28. The molecule has 5 rings (SSSR count). The van der Waals surface area contributed by atoms with Crippen LogP contribution in [0.25, 0.3) is 5.69 Å². The third kappa shape index (κ3) is 4.28. The molecule has 0 saturated carbocycles. The van der Waals surface area contributed by atoms with Gasteiger partial charge < -0.3 is 15.1 Å². The molecular formula is C24H22FN7O4. The normalized spacial score (nSPS) is 17.1. The third-order valence-corrected chi connectivity index (χ3v) is 6.16. The van der Waals surface area contributed by atoms with Crippen molar-refractivity contribution in [1.29, 1.82) is 0 Å². The number of amides is 4. The zero-order valence-electron chi connectivity index (χ0n) is 19.5. The zero-order chi connectivity index (χ0) is 25.6. The fourth-order valence-electron chi connectivity index (χ4n) is 4.28. The highest BCUT2D eigenvalue weighted by atomic mass is 19.1. The lowest BCUT2D eigenvalue weighted by Crippen LogP contribution is -2.52. The first-order valence-electron chi connectivity index (χ1n) is 11.2. The first-order chi connectivity index (χ1) is 17.2. The van der Waals surface area contributed by atoms with Crippen molar-refractivity contribution < 1.29 is 23.6 Å². The average molecular weight is 491 g/mol. The Balaban J connectivity index is 1.33. The van der Waals surface area contributed by atoms with Gasteiger partial charge in [0.05, 0.1) is 11.9 Å². The smallest absolute Gasteiger partial charge is 0.277 e. The summed E-state index contributed by atoms with van der Waals surface area (Å²) in [4.78, 5) is 52.6. The van der Waals surface area contributed by atoms with Crippen molar-refractivity contribution in [3.8, 4) is 5.69 Å². The fraction of sp³-hybridized carbons (Fsp3) is 0.250. The summed E-state index contributed by atoms with van der Waals surface area (Å²) in [7, 11) is 3.52. The van der Waals surface area contributed by atoms with Crippen LogP contribution in [0.5, 0.6) is 0 Å². The summed E-state index contributed by atoms with van der Waals surface area (Å²) in [6, 6.07) is 8.58. The molecule has 4 amide bonds. The molecule has 0 bridgehead atoms. The van der Waals surface area contributed by atoms with Crippen molar-refractivity contribution >= 4 is 35.0 Å². The van der Waals surface area contributed by atoms with Crippen LogP contribution in [0.15, 0.2) is 42.6 Å². The van der Waals surface area contributed by atoms with Gasteiger partial charge in [0.1, 0.15) is 11.9 Å². The lowest BCUT2D eigenvalue weighted by Gasteiger charge is -2.29. The molecular weight excluding hydrogens is 469 g/mol. The Morgan fingerprint density at radius 3 is 2.72 bits per heavy atom. The second-order valence-corrected chi connectivity index (χ2v) is 8.84. The minimum Gasteiger partial charge on any atom is -0.378 e. The summed E-state index contributed by atoms with van der Waals surface area (Å²) >= 11 is 0. The van der Waals surface area contributed by atoms with E-state index in [4.69, 9.17) is 0 Å². The molecule has 36 heavy (non-hydrogen) atoms. The number of fused-ring (bicyclic) bond motifs is 1. The molecule has 1 atom stereocenters. The highest BCUT2D eigenvalue weighted by Gasteiger charge is 2.39. The quantitative estimate of drug-likeness (QED) is 0.517. The molecule has 11 nitrogen and oxygen atoms in total. The summed E-state index contributed by atoms with van der Waals surface area (Å²) in [6.45, 7) is 0.258. The van der Waals surface area contributed by atoms with Crippen LogP contribution in [0.2, 0.25) is 0 Å². The van der Waals surface area contributed by atoms with Crippen LogP contribution in [-0.4, -0.2) is 63.7 Å². The van der Waals surface area contributed by atoms with Crippen LogP contribution < -0.4 is 15.5 Å². The van der Waals surface area contributed by atoms with Crippen molar-refractivity contribution in [2.45, 2.75) is 25.4 Å². The second-order valence-electron chi connectivity index (χ2n) is 8.84. The maximum absolute atomic E-state index is 13.9. The van der Waals surface area contributed by atoms with Crippen molar-refractivity contribution in [2.75, 3.05) is 24.3 Å². The van der Waals surface area contributed by atoms with E-state index >= 15 is 0 Å². The summed E-state index contributed by atoms with van der Waals surface area (Å²) in [5, 5.41) is 12.8. The first-order valence-corrected chi connectivity index (χ1v) is 11.2. The van der Waals surface area contributed by atoms with E-state index in [9.17, 15) is 23.6 Å². The van der Waals surface area contributed by atoms with E-state index in [0.717, 1.165) is 5.56 Å². The lowest BCUT2D eigenvalue weighted by molar-refractivity contribution is -0.136. The standard InChI is InChI=1S/C24H22FN7O4/c1-30(2)17-8-14(25)7-15(9-17)26-22(34)19-12-32(29-28-19)16-4-3-13-11-31(24(36)18(13)10-16)20-5-6-21(33)27-23(20)35/h3-4,7-10,12,20H,5-6,11H2,1-2H3,(H,26,34)(H,27,33,35). The van der Waals surface area contributed by atoms with Crippen molar-refractivity contribution in [3.63, 3.8) is 0 Å². The number of imide groups is 1. The van der Waals surface area contributed by atoms with Gasteiger partial charge >= 0.3 is 0 Å². The number of carbonyl (C=O) groups excluding carboxylic acids is 4. The molecule has 0 aliphatic carbocycles. The summed E-state index contributed by atoms with van der Waals surface area (Å²) < 4.78 is 15.3. The number of nitrogens with zero attached hydrogens (tertiary/aromatic N) is 5. The van der Waals surface area contributed by atoms with Gasteiger partial charge in [-0.3, -0.25) is 24.5 Å². The summed E-state index contributed by atoms with van der Waals surface area (Å²) in [5.41, 5.74) is 2.52. The van der Waals surface area contributed by atoms with Crippen LogP contribution in [-0.2, 0) is 16.1 Å². The van der Waals surface area contributed by atoms with Crippen molar-refractivity contribution in [3.05, 3.63) is 65.2 Å². The maximum Gasteiger partial charge on any atom is 0.277 e. The number of halogens is 1. The molecule has 184 valence electrons. The summed E-state index contributed by atoms with van der Waals surface area (Å²) in [6.07, 6.45) is 1.86. The predicted octanol–water partition coefficient (Wildman–Crippen LogP) is 1.49. The van der Waals surface area contributed by atoms with E-state index in [0.29, 0.717) is 16.9 Å². The number of hydrogen-bond acceptors (Lipinski definition) is 7. The maximum atomic E-state index is 13.9. The zero-order valence-corrected chi connectivity index (χ0v) is 19.5. The van der Waals surface area contributed by atoms with Gasteiger partial charge in [-0.2, -0.15) is 0 Å². The van der Waals surface area contributed by atoms with Crippen LogP contribution >= 0.6 is 0 Å². The van der Waals surface area contributed by atoms with E-state index < -0.39 is 23.7 Å². The number of benzene rings is 2. The van der Waals surface area contributed by atoms with Gasteiger partial charge in [-0.05, 0) is 42.3 Å². The molecule has 1 aromatic heterocycles. The Labute approximate surface area is 204 Å². The van der Waals surface area contributed by atoms with E-state index in [1.54, 1.807) is 43.3 Å². The van der Waals surface area contributed by atoms with Gasteiger partial charge in [0.25, 0.3) is 11.8 Å². The minimum absolute atomic E-state index is 0.00246. The minimum atomic E-state index is -0.705. The second kappa shape index (κ2) is 8.87. The number of aromatic nitrogens is 3. The monoisotopic (exact) mass is 491 g/mol. The van der Waals surface area contributed by atoms with E-state index in [2.05, 4.69) is 20.9 Å². The number of anilines is 2. The first kappa shape index (κ1) is 23.1. The molecule has 12 heteroatoms. The largest absolute Gasteiger partial charge is 0.378 e. The van der Waals surface area contributed by atoms with Crippen LogP contribution in [0.4, 0.5) is 15.8 Å². The topological polar surface area (TPSA) is 130 Å². The van der Waals surface area contributed by atoms with E-state index in [1.807, 2.05) is 0 Å².